The van der Waals surface area contributed by atoms with E-state index in [1.54, 1.807) is 0 Å². The normalized spacial score (nSPS) is 13.5. The predicted molar refractivity (Wildman–Crippen MR) is 47.3 cm³/mol. The maximum Gasteiger partial charge on any atom is 0.134 e. The van der Waals surface area contributed by atoms with Gasteiger partial charge in [0, 0.05) is 18.9 Å². The minimum atomic E-state index is 0.0717. The summed E-state index contributed by atoms with van der Waals surface area (Å²) in [5, 5.41) is 0. The van der Waals surface area contributed by atoms with Gasteiger partial charge in [0.25, 0.3) is 0 Å². The Balaban J connectivity index is 3.51. The smallest absolute Gasteiger partial charge is 0.134 e. The van der Waals surface area contributed by atoms with Crippen molar-refractivity contribution in [2.24, 2.45) is 11.7 Å². The first-order valence-electron chi connectivity index (χ1n) is 4.33. The molecule has 2 nitrogen and oxygen atoms in total. The highest BCUT2D eigenvalue weighted by Crippen LogP contribution is 2.06. The van der Waals surface area contributed by atoms with E-state index in [0.29, 0.717) is 18.8 Å². The molecule has 0 saturated carbocycles. The Bertz CT molecular complexity index is 121. The summed E-state index contributed by atoms with van der Waals surface area (Å²) in [4.78, 5) is 10.9. The standard InChI is InChI=1S/C9H19NO/c1-4-9(11)6-8(10)5-7(2)3/h7-8H,4-6,10H2,1-3H3/t8-/m0/s1. The van der Waals surface area contributed by atoms with Crippen LogP contribution in [0.15, 0.2) is 0 Å². The minimum Gasteiger partial charge on any atom is -0.327 e. The van der Waals surface area contributed by atoms with Gasteiger partial charge in [-0.1, -0.05) is 20.8 Å². The maximum absolute atomic E-state index is 10.9. The molecule has 0 aliphatic carbocycles. The van der Waals surface area contributed by atoms with Crippen LogP contribution in [0, 0.1) is 5.92 Å². The molecule has 0 unspecified atom stereocenters. The lowest BCUT2D eigenvalue weighted by Gasteiger charge is -2.11. The molecule has 0 aliphatic rings. The number of carbonyl (C=O) groups excluding carboxylic acids is 1. The molecular weight excluding hydrogens is 138 g/mol. The fraction of sp³-hybridized carbons (Fsp3) is 0.889. The van der Waals surface area contributed by atoms with Crippen LogP contribution in [0.5, 0.6) is 0 Å². The van der Waals surface area contributed by atoms with Crippen LogP contribution in [0.2, 0.25) is 0 Å². The van der Waals surface area contributed by atoms with Crippen LogP contribution in [0.3, 0.4) is 0 Å². The molecule has 0 spiro atoms. The molecule has 0 aromatic heterocycles. The Kier molecular flexibility index (Phi) is 5.12. The molecule has 1 atom stereocenters. The van der Waals surface area contributed by atoms with Crippen LogP contribution >= 0.6 is 0 Å². The van der Waals surface area contributed by atoms with E-state index in [9.17, 15) is 4.79 Å². The average Bonchev–Trinajstić information content (AvgIpc) is 1.85. The Labute approximate surface area is 69.2 Å². The van der Waals surface area contributed by atoms with Crippen molar-refractivity contribution in [3.8, 4) is 0 Å². The third-order valence-corrected chi connectivity index (χ3v) is 1.66. The zero-order chi connectivity index (χ0) is 8.85. The molecule has 0 fully saturated rings. The number of hydrogen-bond donors (Lipinski definition) is 1. The Morgan fingerprint density at radius 3 is 2.36 bits per heavy atom. The van der Waals surface area contributed by atoms with Crippen LogP contribution in [0.4, 0.5) is 0 Å². The van der Waals surface area contributed by atoms with E-state index in [0.717, 1.165) is 6.42 Å². The second-order valence-corrected chi connectivity index (χ2v) is 3.49. The lowest BCUT2D eigenvalue weighted by atomic mass is 9.99. The fourth-order valence-corrected chi connectivity index (χ4v) is 1.13. The average molecular weight is 157 g/mol. The first-order valence-corrected chi connectivity index (χ1v) is 4.33. The van der Waals surface area contributed by atoms with Crippen molar-refractivity contribution in [2.45, 2.75) is 46.1 Å². The van der Waals surface area contributed by atoms with Gasteiger partial charge in [0.2, 0.25) is 0 Å². The van der Waals surface area contributed by atoms with Crippen LogP contribution < -0.4 is 5.73 Å². The Morgan fingerprint density at radius 2 is 2.00 bits per heavy atom. The molecule has 0 aromatic rings. The Morgan fingerprint density at radius 1 is 1.45 bits per heavy atom. The number of carbonyl (C=O) groups is 1. The van der Waals surface area contributed by atoms with Crippen molar-refractivity contribution in [1.82, 2.24) is 0 Å². The van der Waals surface area contributed by atoms with Crippen molar-refractivity contribution in [3.05, 3.63) is 0 Å². The van der Waals surface area contributed by atoms with Gasteiger partial charge in [0.1, 0.15) is 5.78 Å². The SMILES string of the molecule is CCC(=O)C[C@@H](N)CC(C)C. The predicted octanol–water partition coefficient (Wildman–Crippen LogP) is 1.73. The molecule has 11 heavy (non-hydrogen) atoms. The second-order valence-electron chi connectivity index (χ2n) is 3.49. The van der Waals surface area contributed by atoms with E-state index in [1.165, 1.54) is 0 Å². The summed E-state index contributed by atoms with van der Waals surface area (Å²) in [5.74, 6) is 0.868. The fourth-order valence-electron chi connectivity index (χ4n) is 1.13. The van der Waals surface area contributed by atoms with Gasteiger partial charge in [-0.05, 0) is 12.3 Å². The summed E-state index contributed by atoms with van der Waals surface area (Å²) in [5.41, 5.74) is 5.73. The van der Waals surface area contributed by atoms with E-state index in [4.69, 9.17) is 5.73 Å². The van der Waals surface area contributed by atoms with Gasteiger partial charge in [-0.25, -0.2) is 0 Å². The zero-order valence-corrected chi connectivity index (χ0v) is 7.76. The van der Waals surface area contributed by atoms with Crippen molar-refractivity contribution < 1.29 is 4.79 Å². The monoisotopic (exact) mass is 157 g/mol. The largest absolute Gasteiger partial charge is 0.327 e. The number of hydrogen-bond acceptors (Lipinski definition) is 2. The van der Waals surface area contributed by atoms with E-state index >= 15 is 0 Å². The second kappa shape index (κ2) is 5.30. The Hall–Kier alpha value is -0.370. The summed E-state index contributed by atoms with van der Waals surface area (Å²) >= 11 is 0. The molecule has 0 rings (SSSR count). The maximum atomic E-state index is 10.9. The lowest BCUT2D eigenvalue weighted by molar-refractivity contribution is -0.119. The van der Waals surface area contributed by atoms with Gasteiger partial charge in [-0.2, -0.15) is 0 Å². The van der Waals surface area contributed by atoms with E-state index < -0.39 is 0 Å². The number of nitrogens with two attached hydrogens (primary N) is 1. The van der Waals surface area contributed by atoms with Crippen LogP contribution in [-0.2, 0) is 4.79 Å². The summed E-state index contributed by atoms with van der Waals surface area (Å²) in [7, 11) is 0. The molecule has 2 N–H and O–H groups in total. The first-order chi connectivity index (χ1) is 5.06. The summed E-state index contributed by atoms with van der Waals surface area (Å²) in [6.45, 7) is 6.12. The van der Waals surface area contributed by atoms with Crippen molar-refractivity contribution in [2.75, 3.05) is 0 Å². The molecule has 0 heterocycles. The summed E-state index contributed by atoms with van der Waals surface area (Å²) in [6, 6.07) is 0.0717. The molecule has 0 bridgehead atoms. The highest BCUT2D eigenvalue weighted by Gasteiger charge is 2.08. The van der Waals surface area contributed by atoms with Crippen molar-refractivity contribution in [3.63, 3.8) is 0 Å². The van der Waals surface area contributed by atoms with Crippen LogP contribution in [-0.4, -0.2) is 11.8 Å². The highest BCUT2D eigenvalue weighted by atomic mass is 16.1. The molecular formula is C9H19NO. The van der Waals surface area contributed by atoms with Crippen molar-refractivity contribution in [1.29, 1.82) is 0 Å². The topological polar surface area (TPSA) is 43.1 Å². The molecule has 0 aromatic carbocycles. The minimum absolute atomic E-state index is 0.0717. The molecule has 2 heteroatoms. The molecule has 0 aliphatic heterocycles. The molecule has 0 radical (unpaired) electrons. The molecule has 0 saturated heterocycles. The molecule has 66 valence electrons. The van der Waals surface area contributed by atoms with Gasteiger partial charge in [0.05, 0.1) is 0 Å². The van der Waals surface area contributed by atoms with Crippen LogP contribution in [0.25, 0.3) is 0 Å². The van der Waals surface area contributed by atoms with Gasteiger partial charge >= 0.3 is 0 Å². The van der Waals surface area contributed by atoms with Gasteiger partial charge in [0.15, 0.2) is 0 Å². The van der Waals surface area contributed by atoms with E-state index in [1.807, 2.05) is 6.92 Å². The first kappa shape index (κ1) is 10.6. The third-order valence-electron chi connectivity index (χ3n) is 1.66. The van der Waals surface area contributed by atoms with E-state index in [-0.39, 0.29) is 11.8 Å². The quantitative estimate of drug-likeness (QED) is 0.660. The van der Waals surface area contributed by atoms with Crippen LogP contribution in [0.1, 0.15) is 40.0 Å². The third kappa shape index (κ3) is 6.05. The van der Waals surface area contributed by atoms with E-state index in [2.05, 4.69) is 13.8 Å². The van der Waals surface area contributed by atoms with Gasteiger partial charge in [-0.15, -0.1) is 0 Å². The van der Waals surface area contributed by atoms with Crippen molar-refractivity contribution >= 4 is 5.78 Å². The number of Topliss-reactive ketones (excluding diaryl/α,β-unsaturated/α-hetero) is 1. The highest BCUT2D eigenvalue weighted by molar-refractivity contribution is 5.78. The van der Waals surface area contributed by atoms with Gasteiger partial charge in [-0.3, -0.25) is 4.79 Å². The summed E-state index contributed by atoms with van der Waals surface area (Å²) < 4.78 is 0. The molecule has 0 amide bonds. The number of ketones is 1. The zero-order valence-electron chi connectivity index (χ0n) is 7.76. The lowest BCUT2D eigenvalue weighted by Crippen LogP contribution is -2.25. The van der Waals surface area contributed by atoms with Gasteiger partial charge < -0.3 is 5.73 Å². The summed E-state index contributed by atoms with van der Waals surface area (Å²) in [6.07, 6.45) is 2.12. The number of rotatable bonds is 5.